The molecule has 1 aliphatic heterocycles. The number of sulfonamides is 1. The molecule has 0 saturated heterocycles. The summed E-state index contributed by atoms with van der Waals surface area (Å²) in [6.07, 6.45) is 0.557. The third-order valence-electron chi connectivity index (χ3n) is 4.57. The number of benzene rings is 3. The van der Waals surface area contributed by atoms with Gasteiger partial charge in [-0.25, -0.2) is 8.42 Å². The molecule has 0 radical (unpaired) electrons. The SMILES string of the molecule is Cc1cc2c(c(-c3ccc(-c4ccccc4)cc3)c1)NS(=O)(=O)CC2. The molecule has 0 spiro atoms. The Balaban J connectivity index is 1.79. The van der Waals surface area contributed by atoms with Crippen LogP contribution in [0.1, 0.15) is 11.1 Å². The fourth-order valence-corrected chi connectivity index (χ4v) is 4.47. The first-order valence-corrected chi connectivity index (χ1v) is 9.97. The first-order valence-electron chi connectivity index (χ1n) is 8.32. The fourth-order valence-electron chi connectivity index (χ4n) is 3.33. The van der Waals surface area contributed by atoms with E-state index in [-0.39, 0.29) is 5.75 Å². The van der Waals surface area contributed by atoms with Gasteiger partial charge in [0.25, 0.3) is 0 Å². The van der Waals surface area contributed by atoms with Gasteiger partial charge in [0.2, 0.25) is 10.0 Å². The second-order valence-electron chi connectivity index (χ2n) is 6.46. The minimum absolute atomic E-state index is 0.149. The molecule has 0 amide bonds. The van der Waals surface area contributed by atoms with Gasteiger partial charge >= 0.3 is 0 Å². The van der Waals surface area contributed by atoms with Gasteiger partial charge in [0, 0.05) is 5.56 Å². The van der Waals surface area contributed by atoms with Crippen LogP contribution in [0, 0.1) is 6.92 Å². The first kappa shape index (κ1) is 15.9. The van der Waals surface area contributed by atoms with Gasteiger partial charge in [0.05, 0.1) is 11.4 Å². The van der Waals surface area contributed by atoms with E-state index in [1.165, 1.54) is 5.56 Å². The summed E-state index contributed by atoms with van der Waals surface area (Å²) in [6.45, 7) is 2.05. The molecule has 0 atom stereocenters. The largest absolute Gasteiger partial charge is 0.283 e. The zero-order chi connectivity index (χ0) is 17.4. The van der Waals surface area contributed by atoms with Crippen LogP contribution in [0.5, 0.6) is 0 Å². The predicted molar refractivity (Wildman–Crippen MR) is 103 cm³/mol. The molecule has 25 heavy (non-hydrogen) atoms. The minimum Gasteiger partial charge on any atom is -0.283 e. The highest BCUT2D eigenvalue weighted by atomic mass is 32.2. The average molecular weight is 349 g/mol. The van der Waals surface area contributed by atoms with Crippen molar-refractivity contribution in [3.63, 3.8) is 0 Å². The van der Waals surface area contributed by atoms with Crippen LogP contribution in [0.2, 0.25) is 0 Å². The van der Waals surface area contributed by atoms with Crippen LogP contribution in [0.25, 0.3) is 22.3 Å². The molecule has 4 rings (SSSR count). The zero-order valence-corrected chi connectivity index (χ0v) is 14.8. The second-order valence-corrected chi connectivity index (χ2v) is 8.30. The van der Waals surface area contributed by atoms with Gasteiger partial charge in [-0.3, -0.25) is 4.72 Å². The topological polar surface area (TPSA) is 46.2 Å². The number of aryl methyl sites for hydroxylation is 2. The smallest absolute Gasteiger partial charge is 0.233 e. The third kappa shape index (κ3) is 3.17. The highest BCUT2D eigenvalue weighted by Crippen LogP contribution is 2.36. The molecule has 0 bridgehead atoms. The molecule has 0 fully saturated rings. The van der Waals surface area contributed by atoms with E-state index in [1.54, 1.807) is 0 Å². The number of hydrogen-bond donors (Lipinski definition) is 1. The summed E-state index contributed by atoms with van der Waals surface area (Å²) in [5.41, 5.74) is 7.21. The maximum atomic E-state index is 12.0. The van der Waals surface area contributed by atoms with Crippen molar-refractivity contribution < 1.29 is 8.42 Å². The third-order valence-corrected chi connectivity index (χ3v) is 5.82. The first-order chi connectivity index (χ1) is 12.0. The van der Waals surface area contributed by atoms with Crippen molar-refractivity contribution in [2.24, 2.45) is 0 Å². The van der Waals surface area contributed by atoms with Gasteiger partial charge < -0.3 is 0 Å². The number of rotatable bonds is 2. The van der Waals surface area contributed by atoms with Crippen LogP contribution in [0.3, 0.4) is 0 Å². The quantitative estimate of drug-likeness (QED) is 0.733. The van der Waals surface area contributed by atoms with Crippen molar-refractivity contribution in [1.29, 1.82) is 0 Å². The summed E-state index contributed by atoms with van der Waals surface area (Å²) >= 11 is 0. The summed E-state index contributed by atoms with van der Waals surface area (Å²) in [5, 5.41) is 0. The van der Waals surface area contributed by atoms with E-state index < -0.39 is 10.0 Å². The molecule has 1 heterocycles. The number of hydrogen-bond acceptors (Lipinski definition) is 2. The van der Waals surface area contributed by atoms with Crippen molar-refractivity contribution in [3.8, 4) is 22.3 Å². The molecule has 1 N–H and O–H groups in total. The lowest BCUT2D eigenvalue weighted by molar-refractivity contribution is 0.599. The van der Waals surface area contributed by atoms with Crippen LogP contribution < -0.4 is 4.72 Å². The number of fused-ring (bicyclic) bond motifs is 1. The molecule has 0 unspecified atom stereocenters. The Bertz CT molecular complexity index is 1020. The summed E-state index contributed by atoms with van der Waals surface area (Å²) in [5.74, 6) is 0.149. The van der Waals surface area contributed by atoms with Gasteiger partial charge in [0.1, 0.15) is 0 Å². The molecule has 126 valence electrons. The Morgan fingerprint density at radius 1 is 0.840 bits per heavy atom. The standard InChI is InChI=1S/C21H19NO2S/c1-15-13-19-11-12-25(23,24)22-21(19)20(14-15)18-9-7-17(8-10-18)16-5-3-2-4-6-16/h2-10,13-14,22H,11-12H2,1H3. The molecular formula is C21H19NO2S. The van der Waals surface area contributed by atoms with E-state index in [2.05, 4.69) is 47.2 Å². The number of nitrogens with one attached hydrogen (secondary N) is 1. The van der Waals surface area contributed by atoms with Crippen molar-refractivity contribution in [3.05, 3.63) is 77.9 Å². The molecule has 0 aromatic heterocycles. The van der Waals surface area contributed by atoms with Gasteiger partial charge in [-0.15, -0.1) is 0 Å². The molecular weight excluding hydrogens is 330 g/mol. The lowest BCUT2D eigenvalue weighted by atomic mass is 9.95. The van der Waals surface area contributed by atoms with E-state index in [0.717, 1.165) is 33.5 Å². The normalized spacial score (nSPS) is 15.2. The van der Waals surface area contributed by atoms with Crippen molar-refractivity contribution in [1.82, 2.24) is 0 Å². The van der Waals surface area contributed by atoms with Gasteiger partial charge in [-0.1, -0.05) is 66.2 Å². The van der Waals surface area contributed by atoms with Crippen molar-refractivity contribution in [2.45, 2.75) is 13.3 Å². The van der Waals surface area contributed by atoms with Gasteiger partial charge in [-0.05, 0) is 41.7 Å². The van der Waals surface area contributed by atoms with Crippen LogP contribution in [0.4, 0.5) is 5.69 Å². The number of anilines is 1. The van der Waals surface area contributed by atoms with E-state index in [0.29, 0.717) is 6.42 Å². The van der Waals surface area contributed by atoms with Crippen LogP contribution in [0.15, 0.2) is 66.7 Å². The highest BCUT2D eigenvalue weighted by molar-refractivity contribution is 7.92. The minimum atomic E-state index is -3.24. The Labute approximate surface area is 148 Å². The maximum Gasteiger partial charge on any atom is 0.233 e. The summed E-state index contributed by atoms with van der Waals surface area (Å²) in [4.78, 5) is 0. The lowest BCUT2D eigenvalue weighted by Gasteiger charge is -2.22. The molecule has 4 heteroatoms. The summed E-state index contributed by atoms with van der Waals surface area (Å²) < 4.78 is 26.8. The maximum absolute atomic E-state index is 12.0. The Morgan fingerprint density at radius 3 is 2.20 bits per heavy atom. The fraction of sp³-hybridized carbons (Fsp3) is 0.143. The van der Waals surface area contributed by atoms with Crippen LogP contribution >= 0.6 is 0 Å². The molecule has 3 aromatic rings. The van der Waals surface area contributed by atoms with E-state index >= 15 is 0 Å². The molecule has 3 aromatic carbocycles. The Hall–Kier alpha value is -2.59. The van der Waals surface area contributed by atoms with Gasteiger partial charge in [-0.2, -0.15) is 0 Å². The van der Waals surface area contributed by atoms with E-state index in [1.807, 2.05) is 31.2 Å². The average Bonchev–Trinajstić information content (AvgIpc) is 2.62. The lowest BCUT2D eigenvalue weighted by Crippen LogP contribution is -2.24. The van der Waals surface area contributed by atoms with E-state index in [4.69, 9.17) is 0 Å². The zero-order valence-electron chi connectivity index (χ0n) is 14.0. The van der Waals surface area contributed by atoms with Gasteiger partial charge in [0.15, 0.2) is 0 Å². The molecule has 0 aliphatic carbocycles. The molecule has 1 aliphatic rings. The monoisotopic (exact) mass is 349 g/mol. The molecule has 3 nitrogen and oxygen atoms in total. The van der Waals surface area contributed by atoms with E-state index in [9.17, 15) is 8.42 Å². The van der Waals surface area contributed by atoms with Crippen molar-refractivity contribution >= 4 is 15.7 Å². The summed E-state index contributed by atoms with van der Waals surface area (Å²) in [6, 6.07) is 22.6. The Morgan fingerprint density at radius 2 is 1.48 bits per heavy atom. The summed E-state index contributed by atoms with van der Waals surface area (Å²) in [7, 11) is -3.24. The second kappa shape index (κ2) is 6.05. The Kier molecular flexibility index (Phi) is 3.85. The highest BCUT2D eigenvalue weighted by Gasteiger charge is 2.23. The van der Waals surface area contributed by atoms with Crippen LogP contribution in [-0.2, 0) is 16.4 Å². The predicted octanol–water partition coefficient (Wildman–Crippen LogP) is 4.63. The van der Waals surface area contributed by atoms with Crippen LogP contribution in [-0.4, -0.2) is 14.2 Å². The molecule has 0 saturated carbocycles. The van der Waals surface area contributed by atoms with Crippen molar-refractivity contribution in [2.75, 3.05) is 10.5 Å².